The van der Waals surface area contributed by atoms with Crippen LogP contribution in [0, 0.1) is 0 Å². The first-order valence-electron chi connectivity index (χ1n) is 18.7. The molecule has 0 aromatic heterocycles. The average Bonchev–Trinajstić information content (AvgIpc) is 3.24. The van der Waals surface area contributed by atoms with Gasteiger partial charge in [-0.05, 0) is 158 Å². The molecule has 0 spiro atoms. The minimum absolute atomic E-state index is 1.23. The first-order valence-corrected chi connectivity index (χ1v) is 18.7. The summed E-state index contributed by atoms with van der Waals surface area (Å²) in [5.41, 5.74) is 9.92. The molecular weight excluding hydrogens is 649 g/mol. The number of benzene rings is 11. The molecule has 0 saturated carbocycles. The van der Waals surface area contributed by atoms with Gasteiger partial charge in [-0.2, -0.15) is 0 Å². The number of hydrogen-bond donors (Lipinski definition) is 0. The lowest BCUT2D eigenvalue weighted by Gasteiger charge is -2.11. The topological polar surface area (TPSA) is 0 Å². The van der Waals surface area contributed by atoms with E-state index in [0.717, 1.165) is 0 Å². The number of fused-ring (bicyclic) bond motifs is 7. The predicted octanol–water partition coefficient (Wildman–Crippen LogP) is 15.3. The highest BCUT2D eigenvalue weighted by molar-refractivity contribution is 6.10. The van der Waals surface area contributed by atoms with E-state index in [1.165, 1.54) is 109 Å². The molecular formula is C54H34. The van der Waals surface area contributed by atoms with Crippen molar-refractivity contribution in [2.24, 2.45) is 0 Å². The predicted molar refractivity (Wildman–Crippen MR) is 233 cm³/mol. The summed E-state index contributed by atoms with van der Waals surface area (Å²) >= 11 is 0. The Morgan fingerprint density at radius 1 is 0.148 bits per heavy atom. The smallest absolute Gasteiger partial charge is 0.0105 e. The summed E-state index contributed by atoms with van der Waals surface area (Å²) in [6.45, 7) is 0. The van der Waals surface area contributed by atoms with Crippen LogP contribution in [0.3, 0.4) is 0 Å². The molecule has 0 unspecified atom stereocenters. The zero-order valence-corrected chi connectivity index (χ0v) is 29.6. The van der Waals surface area contributed by atoms with Crippen molar-refractivity contribution in [1.82, 2.24) is 0 Å². The molecule has 0 nitrogen and oxygen atoms in total. The van der Waals surface area contributed by atoms with Gasteiger partial charge in [0.25, 0.3) is 0 Å². The lowest BCUT2D eigenvalue weighted by atomic mass is 9.93. The van der Waals surface area contributed by atoms with Gasteiger partial charge in [-0.25, -0.2) is 0 Å². The summed E-state index contributed by atoms with van der Waals surface area (Å²) in [7, 11) is 0. The highest BCUT2D eigenvalue weighted by atomic mass is 14.1. The van der Waals surface area contributed by atoms with Gasteiger partial charge in [0.1, 0.15) is 0 Å². The SMILES string of the molecule is c1ccc2cc(-c3ccc4cc(-c5ccc6cc(-c7ccc8c(ccc9cc(-c%10ccc%11ccccc%11c%10)ccc98)c7)ccc6c5)ccc4c3)ccc2c1. The second kappa shape index (κ2) is 12.3. The van der Waals surface area contributed by atoms with Gasteiger partial charge in [0.05, 0.1) is 0 Å². The molecule has 0 aliphatic rings. The second-order valence-corrected chi connectivity index (χ2v) is 14.6. The van der Waals surface area contributed by atoms with Crippen LogP contribution in [0.4, 0.5) is 0 Å². The normalized spacial score (nSPS) is 11.7. The molecule has 11 rings (SSSR count). The molecule has 0 fully saturated rings. The summed E-state index contributed by atoms with van der Waals surface area (Å²) in [6, 6.07) is 76.2. The summed E-state index contributed by atoms with van der Waals surface area (Å²) in [5.74, 6) is 0. The third-order valence-corrected chi connectivity index (χ3v) is 11.3. The standard InChI is InChI=1S/C54H34/c1-3-7-37-27-39(11-9-35(37)5-1)41-13-14-43-30-44(16-15-42(43)29-41)45-17-18-47-32-48(20-19-46(47)31-45)50-24-26-54-52(34-50)22-21-51-33-49(23-25-53(51)54)40-12-10-36-6-2-4-8-38(36)28-40/h1-34H. The van der Waals surface area contributed by atoms with Crippen molar-refractivity contribution in [3.8, 4) is 44.5 Å². The Labute approximate surface area is 314 Å². The monoisotopic (exact) mass is 682 g/mol. The van der Waals surface area contributed by atoms with Crippen molar-refractivity contribution in [2.45, 2.75) is 0 Å². The molecule has 0 aliphatic heterocycles. The van der Waals surface area contributed by atoms with Crippen molar-refractivity contribution >= 4 is 64.6 Å². The van der Waals surface area contributed by atoms with E-state index in [9.17, 15) is 0 Å². The maximum absolute atomic E-state index is 2.34. The molecule has 0 radical (unpaired) electrons. The van der Waals surface area contributed by atoms with Gasteiger partial charge in [-0.1, -0.05) is 158 Å². The third-order valence-electron chi connectivity index (χ3n) is 11.3. The molecule has 0 atom stereocenters. The van der Waals surface area contributed by atoms with Crippen LogP contribution in [-0.2, 0) is 0 Å². The van der Waals surface area contributed by atoms with E-state index in [2.05, 4.69) is 206 Å². The minimum atomic E-state index is 1.23. The lowest BCUT2D eigenvalue weighted by molar-refractivity contribution is 1.64. The van der Waals surface area contributed by atoms with E-state index >= 15 is 0 Å². The Bertz CT molecular complexity index is 3270. The highest BCUT2D eigenvalue weighted by Gasteiger charge is 2.09. The first kappa shape index (κ1) is 30.6. The third kappa shape index (κ3) is 5.31. The van der Waals surface area contributed by atoms with E-state index in [-0.39, 0.29) is 0 Å². The van der Waals surface area contributed by atoms with Gasteiger partial charge < -0.3 is 0 Å². The molecule has 0 bridgehead atoms. The van der Waals surface area contributed by atoms with Crippen molar-refractivity contribution in [2.75, 3.05) is 0 Å². The van der Waals surface area contributed by atoms with Gasteiger partial charge in [0.15, 0.2) is 0 Å². The largest absolute Gasteiger partial charge is 0.0616 e. The van der Waals surface area contributed by atoms with Gasteiger partial charge >= 0.3 is 0 Å². The Morgan fingerprint density at radius 2 is 0.352 bits per heavy atom. The van der Waals surface area contributed by atoms with Gasteiger partial charge in [0.2, 0.25) is 0 Å². The molecule has 54 heavy (non-hydrogen) atoms. The summed E-state index contributed by atoms with van der Waals surface area (Å²) in [5, 5.41) is 15.2. The molecule has 11 aromatic rings. The molecule has 250 valence electrons. The van der Waals surface area contributed by atoms with Crippen molar-refractivity contribution < 1.29 is 0 Å². The summed E-state index contributed by atoms with van der Waals surface area (Å²) in [6.07, 6.45) is 0. The van der Waals surface area contributed by atoms with Crippen LogP contribution in [0.1, 0.15) is 0 Å². The zero-order valence-electron chi connectivity index (χ0n) is 29.6. The maximum atomic E-state index is 2.34. The fourth-order valence-electron chi connectivity index (χ4n) is 8.38. The maximum Gasteiger partial charge on any atom is -0.0105 e. The first-order chi connectivity index (χ1) is 26.7. The Balaban J connectivity index is 0.871. The van der Waals surface area contributed by atoms with E-state index in [1.807, 2.05) is 0 Å². The van der Waals surface area contributed by atoms with Crippen LogP contribution in [0.2, 0.25) is 0 Å². The second-order valence-electron chi connectivity index (χ2n) is 14.6. The molecule has 0 N–H and O–H groups in total. The highest BCUT2D eigenvalue weighted by Crippen LogP contribution is 2.36. The van der Waals surface area contributed by atoms with Crippen LogP contribution in [-0.4, -0.2) is 0 Å². The van der Waals surface area contributed by atoms with E-state index in [1.54, 1.807) is 0 Å². The van der Waals surface area contributed by atoms with Crippen LogP contribution < -0.4 is 0 Å². The molecule has 11 aromatic carbocycles. The van der Waals surface area contributed by atoms with Crippen molar-refractivity contribution in [1.29, 1.82) is 0 Å². The lowest BCUT2D eigenvalue weighted by Crippen LogP contribution is -1.85. The fourth-order valence-corrected chi connectivity index (χ4v) is 8.38. The van der Waals surface area contributed by atoms with Gasteiger partial charge in [-0.15, -0.1) is 0 Å². The van der Waals surface area contributed by atoms with Crippen LogP contribution in [0.15, 0.2) is 206 Å². The van der Waals surface area contributed by atoms with E-state index in [0.29, 0.717) is 0 Å². The Morgan fingerprint density at radius 3 is 0.667 bits per heavy atom. The Kier molecular flexibility index (Phi) is 6.97. The molecule has 0 aliphatic carbocycles. The summed E-state index contributed by atoms with van der Waals surface area (Å²) in [4.78, 5) is 0. The minimum Gasteiger partial charge on any atom is -0.0616 e. The molecule has 0 amide bonds. The molecule has 0 heteroatoms. The van der Waals surface area contributed by atoms with Crippen molar-refractivity contribution in [3.63, 3.8) is 0 Å². The average molecular weight is 683 g/mol. The fraction of sp³-hybridized carbons (Fsp3) is 0. The van der Waals surface area contributed by atoms with Gasteiger partial charge in [0, 0.05) is 0 Å². The number of hydrogen-bond acceptors (Lipinski definition) is 0. The Hall–Kier alpha value is -7.02. The van der Waals surface area contributed by atoms with E-state index < -0.39 is 0 Å². The quantitative estimate of drug-likeness (QED) is 0.162. The van der Waals surface area contributed by atoms with Crippen molar-refractivity contribution in [3.05, 3.63) is 206 Å². The van der Waals surface area contributed by atoms with Crippen LogP contribution >= 0.6 is 0 Å². The van der Waals surface area contributed by atoms with Gasteiger partial charge in [-0.3, -0.25) is 0 Å². The zero-order chi connectivity index (χ0) is 35.6. The van der Waals surface area contributed by atoms with Crippen LogP contribution in [0.5, 0.6) is 0 Å². The van der Waals surface area contributed by atoms with E-state index in [4.69, 9.17) is 0 Å². The summed E-state index contributed by atoms with van der Waals surface area (Å²) < 4.78 is 0. The number of rotatable bonds is 4. The molecule has 0 saturated heterocycles. The molecule has 0 heterocycles. The van der Waals surface area contributed by atoms with Crippen LogP contribution in [0.25, 0.3) is 109 Å².